The van der Waals surface area contributed by atoms with Crippen LogP contribution < -0.4 is 16.7 Å². The summed E-state index contributed by atoms with van der Waals surface area (Å²) < 4.78 is 16.3. The normalized spacial score (nSPS) is 11.1. The van der Waals surface area contributed by atoms with E-state index in [0.29, 0.717) is 43.2 Å². The van der Waals surface area contributed by atoms with E-state index in [4.69, 9.17) is 19.6 Å². The number of nitrogens with two attached hydrogens (primary N) is 1. The van der Waals surface area contributed by atoms with Crippen LogP contribution in [0.25, 0.3) is 11.0 Å². The number of nitrogen functional groups attached to an aromatic ring is 1. The van der Waals surface area contributed by atoms with Crippen molar-refractivity contribution < 1.29 is 18.7 Å². The molecule has 1 aromatic heterocycles. The molecule has 0 spiro atoms. The lowest BCUT2D eigenvalue weighted by Crippen LogP contribution is -2.30. The van der Waals surface area contributed by atoms with Crippen LogP contribution >= 0.6 is 0 Å². The van der Waals surface area contributed by atoms with Crippen molar-refractivity contribution >= 4 is 22.6 Å². The van der Waals surface area contributed by atoms with Crippen molar-refractivity contribution in [1.29, 1.82) is 0 Å². The summed E-state index contributed by atoms with van der Waals surface area (Å²) in [5.41, 5.74) is 7.27. The molecule has 1 amide bonds. The number of ether oxygens (including phenoxy) is 2. The van der Waals surface area contributed by atoms with Gasteiger partial charge >= 0.3 is 5.63 Å². The SMILES string of the molecule is CCCCCCCOCCOCCNC(=O)Cc1c(C)c2ccc(N)cc2oc1=O. The van der Waals surface area contributed by atoms with E-state index in [1.165, 1.54) is 25.7 Å². The lowest BCUT2D eigenvalue weighted by atomic mass is 10.0. The van der Waals surface area contributed by atoms with Crippen molar-refractivity contribution in [3.05, 3.63) is 39.7 Å². The van der Waals surface area contributed by atoms with E-state index in [1.54, 1.807) is 18.2 Å². The Kier molecular flexibility index (Phi) is 10.4. The Morgan fingerprint density at radius 3 is 2.57 bits per heavy atom. The van der Waals surface area contributed by atoms with Gasteiger partial charge in [-0.25, -0.2) is 4.79 Å². The fourth-order valence-electron chi connectivity index (χ4n) is 3.23. The Morgan fingerprint density at radius 1 is 1.07 bits per heavy atom. The fraction of sp³-hybridized carbons (Fsp3) is 0.565. The second-order valence-electron chi connectivity index (χ2n) is 7.41. The van der Waals surface area contributed by atoms with E-state index < -0.39 is 5.63 Å². The van der Waals surface area contributed by atoms with E-state index in [2.05, 4.69) is 12.2 Å². The quantitative estimate of drug-likeness (QED) is 0.277. The number of amides is 1. The van der Waals surface area contributed by atoms with Gasteiger partial charge < -0.3 is 24.9 Å². The molecule has 0 aliphatic heterocycles. The second-order valence-corrected chi connectivity index (χ2v) is 7.41. The smallest absolute Gasteiger partial charge is 0.340 e. The highest BCUT2D eigenvalue weighted by molar-refractivity contribution is 5.86. The third-order valence-corrected chi connectivity index (χ3v) is 4.98. The van der Waals surface area contributed by atoms with Crippen molar-refractivity contribution in [2.24, 2.45) is 0 Å². The maximum atomic E-state index is 12.2. The van der Waals surface area contributed by atoms with E-state index in [1.807, 2.05) is 6.92 Å². The molecule has 3 N–H and O–H groups in total. The van der Waals surface area contributed by atoms with Gasteiger partial charge in [0.25, 0.3) is 0 Å². The van der Waals surface area contributed by atoms with Crippen molar-refractivity contribution in [1.82, 2.24) is 5.32 Å². The summed E-state index contributed by atoms with van der Waals surface area (Å²) in [7, 11) is 0. The molecule has 7 heteroatoms. The van der Waals surface area contributed by atoms with Gasteiger partial charge in [-0.15, -0.1) is 0 Å². The van der Waals surface area contributed by atoms with Crippen molar-refractivity contribution in [2.75, 3.05) is 38.7 Å². The fourth-order valence-corrected chi connectivity index (χ4v) is 3.23. The van der Waals surface area contributed by atoms with Crippen molar-refractivity contribution in [3.63, 3.8) is 0 Å². The molecule has 0 aliphatic rings. The Hall–Kier alpha value is -2.38. The van der Waals surface area contributed by atoms with Gasteiger partial charge in [-0.05, 0) is 31.0 Å². The maximum Gasteiger partial charge on any atom is 0.340 e. The molecular formula is C23H34N2O5. The van der Waals surface area contributed by atoms with Crippen LogP contribution in [0, 0.1) is 6.92 Å². The van der Waals surface area contributed by atoms with Crippen LogP contribution in [-0.4, -0.2) is 38.9 Å². The zero-order valence-corrected chi connectivity index (χ0v) is 18.1. The minimum atomic E-state index is -0.510. The van der Waals surface area contributed by atoms with Gasteiger partial charge in [-0.1, -0.05) is 32.6 Å². The Labute approximate surface area is 177 Å². The number of benzene rings is 1. The summed E-state index contributed by atoms with van der Waals surface area (Å²) in [6.07, 6.45) is 6.07. The first kappa shape index (κ1) is 23.9. The highest BCUT2D eigenvalue weighted by Gasteiger charge is 2.14. The molecular weight excluding hydrogens is 384 g/mol. The Bertz CT molecular complexity index is 863. The molecule has 1 aromatic carbocycles. The summed E-state index contributed by atoms with van der Waals surface area (Å²) >= 11 is 0. The van der Waals surface area contributed by atoms with E-state index in [9.17, 15) is 9.59 Å². The third-order valence-electron chi connectivity index (χ3n) is 4.98. The van der Waals surface area contributed by atoms with Gasteiger partial charge in [0.1, 0.15) is 5.58 Å². The zero-order valence-electron chi connectivity index (χ0n) is 18.1. The molecule has 2 rings (SSSR count). The first-order valence-electron chi connectivity index (χ1n) is 10.8. The summed E-state index contributed by atoms with van der Waals surface area (Å²) in [6.45, 7) is 6.62. The summed E-state index contributed by atoms with van der Waals surface area (Å²) in [6, 6.07) is 5.15. The van der Waals surface area contributed by atoms with Gasteiger partial charge in [0.2, 0.25) is 5.91 Å². The molecule has 7 nitrogen and oxygen atoms in total. The molecule has 0 fully saturated rings. The highest BCUT2D eigenvalue weighted by Crippen LogP contribution is 2.21. The molecule has 0 aliphatic carbocycles. The van der Waals surface area contributed by atoms with Crippen LogP contribution in [0.15, 0.2) is 27.4 Å². The van der Waals surface area contributed by atoms with Crippen LogP contribution in [-0.2, 0) is 20.7 Å². The molecule has 0 saturated heterocycles. The molecule has 0 radical (unpaired) electrons. The molecule has 1 heterocycles. The Morgan fingerprint density at radius 2 is 1.80 bits per heavy atom. The largest absolute Gasteiger partial charge is 0.422 e. The predicted octanol–water partition coefficient (Wildman–Crippen LogP) is 3.35. The number of nitrogens with one attached hydrogen (secondary N) is 1. The third kappa shape index (κ3) is 7.80. The second kappa shape index (κ2) is 13.0. The highest BCUT2D eigenvalue weighted by atomic mass is 16.5. The van der Waals surface area contributed by atoms with E-state index in [-0.39, 0.29) is 12.3 Å². The van der Waals surface area contributed by atoms with Crippen LogP contribution in [0.4, 0.5) is 5.69 Å². The average molecular weight is 419 g/mol. The molecule has 0 bridgehead atoms. The molecule has 0 saturated carbocycles. The average Bonchev–Trinajstić information content (AvgIpc) is 2.71. The lowest BCUT2D eigenvalue weighted by Gasteiger charge is -2.09. The topological polar surface area (TPSA) is 104 Å². The molecule has 0 unspecified atom stereocenters. The lowest BCUT2D eigenvalue weighted by molar-refractivity contribution is -0.120. The number of hydrogen-bond donors (Lipinski definition) is 2. The van der Waals surface area contributed by atoms with Gasteiger partial charge in [0.05, 0.1) is 31.8 Å². The number of unbranched alkanes of at least 4 members (excludes halogenated alkanes) is 4. The predicted molar refractivity (Wildman–Crippen MR) is 119 cm³/mol. The van der Waals surface area contributed by atoms with Crippen LogP contribution in [0.3, 0.4) is 0 Å². The van der Waals surface area contributed by atoms with Crippen LogP contribution in [0.1, 0.15) is 50.2 Å². The van der Waals surface area contributed by atoms with Crippen molar-refractivity contribution in [3.8, 4) is 0 Å². The van der Waals surface area contributed by atoms with Crippen LogP contribution in [0.2, 0.25) is 0 Å². The van der Waals surface area contributed by atoms with Gasteiger partial charge in [-0.2, -0.15) is 0 Å². The standard InChI is InChI=1S/C23H34N2O5/c1-3-4-5-6-7-11-28-13-14-29-12-10-25-22(26)16-20-17(2)19-9-8-18(24)15-21(19)30-23(20)27/h8-9,15H,3-7,10-14,16,24H2,1-2H3,(H,25,26). The molecule has 0 atom stereocenters. The number of rotatable bonds is 14. The van der Waals surface area contributed by atoms with E-state index >= 15 is 0 Å². The number of carbonyl (C=O) groups is 1. The number of carbonyl (C=O) groups excluding carboxylic acids is 1. The monoisotopic (exact) mass is 418 g/mol. The van der Waals surface area contributed by atoms with Gasteiger partial charge in [-0.3, -0.25) is 4.79 Å². The number of anilines is 1. The summed E-state index contributed by atoms with van der Waals surface area (Å²) in [5.74, 6) is -0.243. The van der Waals surface area contributed by atoms with Crippen LogP contribution in [0.5, 0.6) is 0 Å². The molecule has 30 heavy (non-hydrogen) atoms. The number of fused-ring (bicyclic) bond motifs is 1. The minimum Gasteiger partial charge on any atom is -0.422 e. The van der Waals surface area contributed by atoms with Crippen molar-refractivity contribution in [2.45, 2.75) is 52.4 Å². The van der Waals surface area contributed by atoms with E-state index in [0.717, 1.165) is 24.0 Å². The van der Waals surface area contributed by atoms with Gasteiger partial charge in [0, 0.05) is 30.3 Å². The first-order valence-corrected chi connectivity index (χ1v) is 10.8. The number of hydrogen-bond acceptors (Lipinski definition) is 6. The molecule has 2 aromatic rings. The Balaban J connectivity index is 1.64. The zero-order chi connectivity index (χ0) is 21.8. The first-order chi connectivity index (χ1) is 14.5. The summed E-state index contributed by atoms with van der Waals surface area (Å²) in [4.78, 5) is 24.4. The number of aryl methyl sites for hydroxylation is 1. The van der Waals surface area contributed by atoms with Gasteiger partial charge in [0.15, 0.2) is 0 Å². The maximum absolute atomic E-state index is 12.2. The molecule has 166 valence electrons. The summed E-state index contributed by atoms with van der Waals surface area (Å²) in [5, 5.41) is 3.55. The minimum absolute atomic E-state index is 0.0321.